The third-order valence-electron chi connectivity index (χ3n) is 11.7. The van der Waals surface area contributed by atoms with Gasteiger partial charge in [0.25, 0.3) is 0 Å². The van der Waals surface area contributed by atoms with E-state index in [4.69, 9.17) is 11.6 Å². The van der Waals surface area contributed by atoms with Crippen molar-refractivity contribution in [3.8, 4) is 0 Å². The van der Waals surface area contributed by atoms with Crippen molar-refractivity contribution < 1.29 is 24.3 Å². The van der Waals surface area contributed by atoms with Gasteiger partial charge in [-0.05, 0) is 73.6 Å². The number of halogens is 1. The summed E-state index contributed by atoms with van der Waals surface area (Å²) in [6.45, 7) is 0.305. The highest BCUT2D eigenvalue weighted by molar-refractivity contribution is 6.31. The lowest BCUT2D eigenvalue weighted by Crippen LogP contribution is -2.63. The molecule has 4 aliphatic carbocycles. The zero-order valence-corrected chi connectivity index (χ0v) is 29.2. The Labute approximate surface area is 292 Å². The van der Waals surface area contributed by atoms with Gasteiger partial charge < -0.3 is 30.1 Å². The number of para-hydroxylation sites is 1. The molecule has 1 saturated heterocycles. The van der Waals surface area contributed by atoms with E-state index in [1.54, 1.807) is 41.9 Å². The summed E-state index contributed by atoms with van der Waals surface area (Å²) in [5, 5.41) is 15.4. The second-order valence-electron chi connectivity index (χ2n) is 15.5. The minimum atomic E-state index is -0.936. The molecule has 2 aromatic carbocycles. The molecule has 0 spiro atoms. The molecule has 0 radical (unpaired) electrons. The quantitative estimate of drug-likeness (QED) is 0.312. The molecular formula is C38H46ClN5O5. The molecule has 4 bridgehead atoms. The summed E-state index contributed by atoms with van der Waals surface area (Å²) in [4.78, 5) is 64.6. The van der Waals surface area contributed by atoms with Crippen LogP contribution in [0.5, 0.6) is 0 Å². The molecule has 1 aromatic heterocycles. The molecule has 5 fully saturated rings. The van der Waals surface area contributed by atoms with Gasteiger partial charge in [-0.2, -0.15) is 0 Å². The highest BCUT2D eigenvalue weighted by Crippen LogP contribution is 2.66. The van der Waals surface area contributed by atoms with E-state index in [2.05, 4.69) is 10.3 Å². The van der Waals surface area contributed by atoms with E-state index in [1.807, 2.05) is 48.7 Å². The number of amides is 4. The second kappa shape index (κ2) is 12.8. The minimum Gasteiger partial charge on any atom is -0.391 e. The SMILES string of the molecule is CN(C)C(=O)C12CC3CC(C1)CC(C(=O)N1CC(O)CC1C(=O)NC(Cc1c[nH]c4ccccc14)C(=O)N(C)Cc1ccccc1Cl)(C3)C2. The lowest BCUT2D eigenvalue weighted by molar-refractivity contribution is -0.179. The second-order valence-corrected chi connectivity index (χ2v) is 15.9. The molecule has 4 amide bonds. The number of rotatable bonds is 9. The minimum absolute atomic E-state index is 0.0517. The van der Waals surface area contributed by atoms with Gasteiger partial charge in [0.15, 0.2) is 0 Å². The number of carbonyl (C=O) groups excluding carboxylic acids is 4. The topological polar surface area (TPSA) is 126 Å². The van der Waals surface area contributed by atoms with Crippen LogP contribution in [-0.4, -0.2) is 94.3 Å². The maximum atomic E-state index is 14.7. The number of carbonyl (C=O) groups is 4. The van der Waals surface area contributed by atoms with Crippen LogP contribution in [0.1, 0.15) is 56.1 Å². The van der Waals surface area contributed by atoms with E-state index in [1.165, 1.54) is 0 Å². The molecule has 5 atom stereocenters. The van der Waals surface area contributed by atoms with Crippen molar-refractivity contribution in [1.82, 2.24) is 25.0 Å². The summed E-state index contributed by atoms with van der Waals surface area (Å²) >= 11 is 6.42. The summed E-state index contributed by atoms with van der Waals surface area (Å²) in [5.74, 6) is -0.210. The van der Waals surface area contributed by atoms with Gasteiger partial charge in [-0.3, -0.25) is 19.2 Å². The normalized spacial score (nSPS) is 29.2. The van der Waals surface area contributed by atoms with Crippen molar-refractivity contribution in [2.45, 2.75) is 76.1 Å². The fourth-order valence-corrected chi connectivity index (χ4v) is 10.2. The Balaban J connectivity index is 1.14. The first-order valence-electron chi connectivity index (χ1n) is 17.4. The van der Waals surface area contributed by atoms with Gasteiger partial charge in [-0.15, -0.1) is 0 Å². The number of nitrogens with one attached hydrogen (secondary N) is 2. The number of aromatic amines is 1. The number of hydrogen-bond donors (Lipinski definition) is 3. The third-order valence-corrected chi connectivity index (χ3v) is 12.0. The Morgan fingerprint density at radius 2 is 1.63 bits per heavy atom. The summed E-state index contributed by atoms with van der Waals surface area (Å²) in [5.41, 5.74) is 1.31. The summed E-state index contributed by atoms with van der Waals surface area (Å²) in [6, 6.07) is 13.3. The van der Waals surface area contributed by atoms with Crippen LogP contribution in [0, 0.1) is 22.7 Å². The van der Waals surface area contributed by atoms with E-state index in [9.17, 15) is 24.3 Å². The van der Waals surface area contributed by atoms with Crippen LogP contribution in [0.2, 0.25) is 5.02 Å². The Bertz CT molecular complexity index is 1770. The molecule has 3 N–H and O–H groups in total. The maximum Gasteiger partial charge on any atom is 0.245 e. The van der Waals surface area contributed by atoms with Gasteiger partial charge in [0, 0.05) is 69.2 Å². The molecule has 11 heteroatoms. The number of H-pyrrole nitrogens is 1. The number of hydrogen-bond acceptors (Lipinski definition) is 5. The number of likely N-dealkylation sites (N-methyl/N-ethyl adjacent to an activating group) is 1. The third kappa shape index (κ3) is 6.11. The molecule has 10 nitrogen and oxygen atoms in total. The number of aliphatic hydroxyl groups excluding tert-OH is 1. The van der Waals surface area contributed by atoms with Gasteiger partial charge in [0.1, 0.15) is 12.1 Å². The standard InChI is InChI=1S/C38H46ClN5O5/c1-42(2)35(48)37-15-23-12-24(16-37)18-38(17-23,22-37)36(49)44-21-27(45)14-32(44)33(46)41-31(13-26-19-40-30-11-7-5-9-28(26)30)34(47)43(3)20-25-8-4-6-10-29(25)39/h4-11,19,23-24,27,31-32,40,45H,12-18,20-22H2,1-3H3,(H,41,46). The monoisotopic (exact) mass is 687 g/mol. The van der Waals surface area contributed by atoms with Crippen LogP contribution in [0.15, 0.2) is 54.7 Å². The van der Waals surface area contributed by atoms with Gasteiger partial charge in [0.05, 0.1) is 16.9 Å². The summed E-state index contributed by atoms with van der Waals surface area (Å²) < 4.78 is 0. The zero-order chi connectivity index (χ0) is 34.7. The number of benzene rings is 2. The molecule has 5 aliphatic rings. The van der Waals surface area contributed by atoms with E-state index < -0.39 is 34.9 Å². The Morgan fingerprint density at radius 1 is 0.959 bits per heavy atom. The van der Waals surface area contributed by atoms with Crippen LogP contribution in [-0.2, 0) is 32.1 Å². The van der Waals surface area contributed by atoms with E-state index in [0.29, 0.717) is 36.1 Å². The average Bonchev–Trinajstić information content (AvgIpc) is 3.67. The van der Waals surface area contributed by atoms with Gasteiger partial charge >= 0.3 is 0 Å². The largest absolute Gasteiger partial charge is 0.391 e. The first-order chi connectivity index (χ1) is 23.4. The molecule has 260 valence electrons. The number of likely N-dealkylation sites (tertiary alicyclic amines) is 1. The van der Waals surface area contributed by atoms with Crippen LogP contribution in [0.3, 0.4) is 0 Å². The predicted octanol–water partition coefficient (Wildman–Crippen LogP) is 4.14. The molecule has 49 heavy (non-hydrogen) atoms. The predicted molar refractivity (Wildman–Crippen MR) is 186 cm³/mol. The van der Waals surface area contributed by atoms with Crippen LogP contribution >= 0.6 is 11.6 Å². The molecule has 3 aromatic rings. The van der Waals surface area contributed by atoms with Crippen molar-refractivity contribution >= 4 is 46.1 Å². The van der Waals surface area contributed by atoms with Crippen molar-refractivity contribution in [3.63, 3.8) is 0 Å². The first kappa shape index (κ1) is 33.6. The fraction of sp³-hybridized carbons (Fsp3) is 0.526. The smallest absolute Gasteiger partial charge is 0.245 e. The average molecular weight is 688 g/mol. The Hall–Kier alpha value is -3.89. The molecule has 5 unspecified atom stereocenters. The highest BCUT2D eigenvalue weighted by atomic mass is 35.5. The Morgan fingerprint density at radius 3 is 2.35 bits per heavy atom. The fourth-order valence-electron chi connectivity index (χ4n) is 10.0. The van der Waals surface area contributed by atoms with Crippen LogP contribution in [0.4, 0.5) is 0 Å². The van der Waals surface area contributed by atoms with Crippen molar-refractivity contribution in [1.29, 1.82) is 0 Å². The zero-order valence-electron chi connectivity index (χ0n) is 28.5. The molecule has 2 heterocycles. The van der Waals surface area contributed by atoms with Crippen LogP contribution in [0.25, 0.3) is 10.9 Å². The molecular weight excluding hydrogens is 642 g/mol. The number of β-amino-alcohol motifs (C(OH)–C–C–N with tert-alkyl or cyclic N) is 1. The molecule has 4 saturated carbocycles. The van der Waals surface area contributed by atoms with Crippen molar-refractivity contribution in [2.24, 2.45) is 22.7 Å². The number of fused-ring (bicyclic) bond motifs is 1. The van der Waals surface area contributed by atoms with Gasteiger partial charge in [-0.1, -0.05) is 48.0 Å². The maximum absolute atomic E-state index is 14.7. The van der Waals surface area contributed by atoms with E-state index >= 15 is 0 Å². The van der Waals surface area contributed by atoms with Crippen molar-refractivity contribution in [2.75, 3.05) is 27.7 Å². The summed E-state index contributed by atoms with van der Waals surface area (Å²) in [6.07, 6.45) is 5.86. The molecule has 1 aliphatic heterocycles. The van der Waals surface area contributed by atoms with Gasteiger partial charge in [-0.25, -0.2) is 0 Å². The number of nitrogens with zero attached hydrogens (tertiary/aromatic N) is 3. The lowest BCUT2D eigenvalue weighted by atomic mass is 9.43. The first-order valence-corrected chi connectivity index (χ1v) is 17.8. The Kier molecular flexibility index (Phi) is 8.76. The highest BCUT2D eigenvalue weighted by Gasteiger charge is 2.64. The van der Waals surface area contributed by atoms with Crippen molar-refractivity contribution in [3.05, 3.63) is 70.9 Å². The van der Waals surface area contributed by atoms with E-state index in [-0.39, 0.29) is 43.7 Å². The van der Waals surface area contributed by atoms with Crippen LogP contribution < -0.4 is 5.32 Å². The number of aliphatic hydroxyl groups is 1. The molecule has 8 rings (SSSR count). The number of aromatic nitrogens is 1. The lowest BCUT2D eigenvalue weighted by Gasteiger charge is -2.61. The summed E-state index contributed by atoms with van der Waals surface area (Å²) in [7, 11) is 5.26. The van der Waals surface area contributed by atoms with Gasteiger partial charge in [0.2, 0.25) is 23.6 Å². The van der Waals surface area contributed by atoms with E-state index in [0.717, 1.165) is 41.3 Å².